The van der Waals surface area contributed by atoms with E-state index in [9.17, 15) is 17.6 Å². The van der Waals surface area contributed by atoms with Gasteiger partial charge in [0.05, 0.1) is 7.11 Å². The molecular formula is C18H12BrF4NO. The van der Waals surface area contributed by atoms with Gasteiger partial charge in [-0.05, 0) is 41.8 Å². The summed E-state index contributed by atoms with van der Waals surface area (Å²) in [5, 5.41) is 0.518. The van der Waals surface area contributed by atoms with Crippen LogP contribution in [0.25, 0.3) is 10.9 Å². The molecule has 0 radical (unpaired) electrons. The Morgan fingerprint density at radius 1 is 1.08 bits per heavy atom. The standard InChI is InChI=1S/C18H12BrF4NO/c1-25-17-14(18(21,22)23)8-15(19)13-7-11(9-24-16(13)17)6-10-2-4-12(20)5-3-10/h2-5,7-9H,6H2,1H3. The van der Waals surface area contributed by atoms with Crippen molar-refractivity contribution in [2.45, 2.75) is 12.6 Å². The van der Waals surface area contributed by atoms with Gasteiger partial charge in [0, 0.05) is 16.1 Å². The van der Waals surface area contributed by atoms with E-state index in [0.717, 1.165) is 17.2 Å². The van der Waals surface area contributed by atoms with Gasteiger partial charge in [0.25, 0.3) is 0 Å². The maximum absolute atomic E-state index is 13.2. The molecule has 3 rings (SSSR count). The first-order valence-corrected chi connectivity index (χ1v) is 8.05. The summed E-state index contributed by atoms with van der Waals surface area (Å²) >= 11 is 3.19. The first-order chi connectivity index (χ1) is 11.8. The maximum atomic E-state index is 13.2. The molecule has 0 spiro atoms. The molecule has 130 valence electrons. The van der Waals surface area contributed by atoms with Crippen molar-refractivity contribution in [3.63, 3.8) is 0 Å². The predicted molar refractivity (Wildman–Crippen MR) is 90.2 cm³/mol. The summed E-state index contributed by atoms with van der Waals surface area (Å²) < 4.78 is 57.8. The summed E-state index contributed by atoms with van der Waals surface area (Å²) in [6.45, 7) is 0. The number of halogens is 5. The number of pyridine rings is 1. The molecule has 0 aliphatic carbocycles. The molecule has 0 bridgehead atoms. The number of fused-ring (bicyclic) bond motifs is 1. The van der Waals surface area contributed by atoms with E-state index in [0.29, 0.717) is 11.8 Å². The minimum atomic E-state index is -4.55. The normalized spacial score (nSPS) is 11.8. The average molecular weight is 414 g/mol. The van der Waals surface area contributed by atoms with Crippen LogP contribution in [0.1, 0.15) is 16.7 Å². The molecule has 0 aliphatic heterocycles. The zero-order valence-corrected chi connectivity index (χ0v) is 14.6. The number of ether oxygens (including phenoxy) is 1. The molecule has 7 heteroatoms. The second-order valence-electron chi connectivity index (χ2n) is 5.48. The van der Waals surface area contributed by atoms with Crippen LogP contribution in [0.2, 0.25) is 0 Å². The topological polar surface area (TPSA) is 22.1 Å². The molecule has 0 N–H and O–H groups in total. The molecule has 1 heterocycles. The number of aromatic nitrogens is 1. The summed E-state index contributed by atoms with van der Waals surface area (Å²) in [4.78, 5) is 4.17. The maximum Gasteiger partial charge on any atom is 0.420 e. The van der Waals surface area contributed by atoms with E-state index in [1.54, 1.807) is 18.2 Å². The van der Waals surface area contributed by atoms with Gasteiger partial charge in [0.2, 0.25) is 0 Å². The molecule has 0 saturated carbocycles. The van der Waals surface area contributed by atoms with Crippen LogP contribution in [0.15, 0.2) is 47.1 Å². The molecule has 1 aromatic heterocycles. The van der Waals surface area contributed by atoms with Crippen LogP contribution in [-0.4, -0.2) is 12.1 Å². The Labute approximate surface area is 149 Å². The largest absolute Gasteiger partial charge is 0.494 e. The van der Waals surface area contributed by atoms with E-state index in [1.807, 2.05) is 0 Å². The molecule has 0 unspecified atom stereocenters. The Hall–Kier alpha value is -2.15. The van der Waals surface area contributed by atoms with E-state index in [2.05, 4.69) is 20.9 Å². The lowest BCUT2D eigenvalue weighted by atomic mass is 10.0. The number of alkyl halides is 3. The highest BCUT2D eigenvalue weighted by Gasteiger charge is 2.36. The molecule has 2 aromatic carbocycles. The number of hydrogen-bond acceptors (Lipinski definition) is 2. The zero-order valence-electron chi connectivity index (χ0n) is 13.0. The molecule has 0 fully saturated rings. The molecule has 2 nitrogen and oxygen atoms in total. The van der Waals surface area contributed by atoms with Gasteiger partial charge in [0.1, 0.15) is 16.9 Å². The van der Waals surface area contributed by atoms with Crippen LogP contribution in [0.4, 0.5) is 17.6 Å². The highest BCUT2D eigenvalue weighted by Crippen LogP contribution is 2.42. The molecule has 0 amide bonds. The molecule has 0 aliphatic rings. The van der Waals surface area contributed by atoms with E-state index >= 15 is 0 Å². The third-order valence-electron chi connectivity index (χ3n) is 3.76. The highest BCUT2D eigenvalue weighted by molar-refractivity contribution is 9.10. The Balaban J connectivity index is 2.09. The number of nitrogens with zero attached hydrogens (tertiary/aromatic N) is 1. The summed E-state index contributed by atoms with van der Waals surface area (Å²) in [5.74, 6) is -0.633. The summed E-state index contributed by atoms with van der Waals surface area (Å²) in [6.07, 6.45) is -2.56. The number of methoxy groups -OCH3 is 1. The Bertz CT molecular complexity index is 923. The third-order valence-corrected chi connectivity index (χ3v) is 4.42. The van der Waals surface area contributed by atoms with Crippen LogP contribution in [0.5, 0.6) is 5.75 Å². The van der Waals surface area contributed by atoms with E-state index < -0.39 is 11.7 Å². The lowest BCUT2D eigenvalue weighted by Crippen LogP contribution is -2.08. The van der Waals surface area contributed by atoms with Gasteiger partial charge in [-0.2, -0.15) is 13.2 Å². The number of benzene rings is 2. The van der Waals surface area contributed by atoms with Crippen molar-refractivity contribution in [1.82, 2.24) is 4.98 Å². The molecule has 3 aromatic rings. The van der Waals surface area contributed by atoms with Gasteiger partial charge >= 0.3 is 6.18 Å². The molecule has 0 atom stereocenters. The lowest BCUT2D eigenvalue weighted by Gasteiger charge is -2.15. The van der Waals surface area contributed by atoms with Gasteiger partial charge < -0.3 is 4.74 Å². The Kier molecular flexibility index (Phi) is 4.69. The molecule has 25 heavy (non-hydrogen) atoms. The summed E-state index contributed by atoms with van der Waals surface area (Å²) in [7, 11) is 1.19. The number of rotatable bonds is 3. The molecular weight excluding hydrogens is 402 g/mol. The average Bonchev–Trinajstić information content (AvgIpc) is 2.56. The van der Waals surface area contributed by atoms with Crippen LogP contribution in [0, 0.1) is 5.82 Å². The lowest BCUT2D eigenvalue weighted by molar-refractivity contribution is -0.138. The number of hydrogen-bond donors (Lipinski definition) is 0. The zero-order chi connectivity index (χ0) is 18.2. The SMILES string of the molecule is COc1c(C(F)(F)F)cc(Br)c2cc(Cc3ccc(F)cc3)cnc12. The van der Waals surface area contributed by atoms with Crippen molar-refractivity contribution < 1.29 is 22.3 Å². The van der Waals surface area contributed by atoms with Crippen molar-refractivity contribution >= 4 is 26.8 Å². The van der Waals surface area contributed by atoms with Crippen molar-refractivity contribution in [1.29, 1.82) is 0 Å². The predicted octanol–water partition coefficient (Wildman–Crippen LogP) is 5.75. The first kappa shape index (κ1) is 17.7. The van der Waals surface area contributed by atoms with Crippen molar-refractivity contribution in [2.24, 2.45) is 0 Å². The summed E-state index contributed by atoms with van der Waals surface area (Å²) in [5.41, 5.74) is 0.916. The van der Waals surface area contributed by atoms with Gasteiger partial charge in [-0.1, -0.05) is 28.1 Å². The van der Waals surface area contributed by atoms with Crippen LogP contribution in [0.3, 0.4) is 0 Å². The first-order valence-electron chi connectivity index (χ1n) is 7.26. The van der Waals surface area contributed by atoms with E-state index in [-0.39, 0.29) is 21.6 Å². The quantitative estimate of drug-likeness (QED) is 0.509. The van der Waals surface area contributed by atoms with Crippen molar-refractivity contribution in [3.8, 4) is 5.75 Å². The van der Waals surface area contributed by atoms with Crippen molar-refractivity contribution in [2.75, 3.05) is 7.11 Å². The second-order valence-corrected chi connectivity index (χ2v) is 6.33. The minimum absolute atomic E-state index is 0.132. The Morgan fingerprint density at radius 2 is 1.76 bits per heavy atom. The third kappa shape index (κ3) is 3.61. The smallest absolute Gasteiger partial charge is 0.420 e. The summed E-state index contributed by atoms with van der Waals surface area (Å²) in [6, 6.07) is 8.77. The fourth-order valence-electron chi connectivity index (χ4n) is 2.62. The van der Waals surface area contributed by atoms with Gasteiger partial charge in [-0.15, -0.1) is 0 Å². The van der Waals surface area contributed by atoms with Crippen LogP contribution < -0.4 is 4.74 Å². The fraction of sp³-hybridized carbons (Fsp3) is 0.167. The monoisotopic (exact) mass is 413 g/mol. The molecule has 0 saturated heterocycles. The van der Waals surface area contributed by atoms with E-state index in [4.69, 9.17) is 4.74 Å². The fourth-order valence-corrected chi connectivity index (χ4v) is 3.15. The van der Waals surface area contributed by atoms with Gasteiger partial charge in [-0.3, -0.25) is 4.98 Å². The van der Waals surface area contributed by atoms with E-state index in [1.165, 1.54) is 25.4 Å². The van der Waals surface area contributed by atoms with Crippen molar-refractivity contribution in [3.05, 3.63) is 69.6 Å². The second kappa shape index (κ2) is 6.63. The van der Waals surface area contributed by atoms with Crippen LogP contribution >= 0.6 is 15.9 Å². The Morgan fingerprint density at radius 3 is 2.36 bits per heavy atom. The van der Waals surface area contributed by atoms with Gasteiger partial charge in [0.15, 0.2) is 5.75 Å². The van der Waals surface area contributed by atoms with Crippen LogP contribution in [-0.2, 0) is 12.6 Å². The minimum Gasteiger partial charge on any atom is -0.494 e. The van der Waals surface area contributed by atoms with Gasteiger partial charge in [-0.25, -0.2) is 4.39 Å². The highest BCUT2D eigenvalue weighted by atomic mass is 79.9.